The highest BCUT2D eigenvalue weighted by Crippen LogP contribution is 2.09. The molecule has 4 unspecified atom stereocenters. The fourth-order valence-corrected chi connectivity index (χ4v) is 2.33. The molecule has 166 valence electrons. The Kier molecular flexibility index (Phi) is 11.5. The number of hydrogen-bond acceptors (Lipinski definition) is 6. The van der Waals surface area contributed by atoms with Crippen molar-refractivity contribution in [2.45, 2.75) is 65.1 Å². The summed E-state index contributed by atoms with van der Waals surface area (Å²) in [6.45, 7) is 6.54. The monoisotopic (exact) mass is 415 g/mol. The molecule has 0 spiro atoms. The molecule has 4 amide bonds. The Balaban J connectivity index is 5.05. The second-order valence-electron chi connectivity index (χ2n) is 7.32. The molecular formula is C18H33N5O6. The Bertz CT molecular complexity index is 610. The van der Waals surface area contributed by atoms with Gasteiger partial charge in [-0.05, 0) is 18.3 Å². The topological polar surface area (TPSA) is 194 Å². The molecule has 0 heterocycles. The van der Waals surface area contributed by atoms with Crippen LogP contribution < -0.4 is 27.4 Å². The van der Waals surface area contributed by atoms with Crippen LogP contribution in [0.2, 0.25) is 0 Å². The normalized spacial score (nSPS) is 15.0. The van der Waals surface area contributed by atoms with E-state index in [4.69, 9.17) is 11.5 Å². The van der Waals surface area contributed by atoms with E-state index in [9.17, 15) is 29.1 Å². The van der Waals surface area contributed by atoms with Gasteiger partial charge in [0.05, 0.1) is 12.6 Å². The first-order chi connectivity index (χ1) is 13.4. The van der Waals surface area contributed by atoms with Crippen molar-refractivity contribution in [2.24, 2.45) is 23.3 Å². The van der Waals surface area contributed by atoms with Crippen molar-refractivity contribution < 1.29 is 29.1 Å². The molecule has 0 aliphatic heterocycles. The maximum Gasteiger partial charge on any atom is 0.326 e. The van der Waals surface area contributed by atoms with Crippen LogP contribution >= 0.6 is 0 Å². The van der Waals surface area contributed by atoms with Gasteiger partial charge in [0.1, 0.15) is 12.1 Å². The number of nitrogens with one attached hydrogen (secondary N) is 3. The van der Waals surface area contributed by atoms with Gasteiger partial charge < -0.3 is 32.5 Å². The lowest BCUT2D eigenvalue weighted by Crippen LogP contribution is -2.55. The maximum atomic E-state index is 12.5. The largest absolute Gasteiger partial charge is 0.480 e. The number of primary amides is 1. The SMILES string of the molecule is CCC(C)C(NC(=O)C(CCC(N)=O)NC(=O)CNC(=O)C(N)C(C)C)C(=O)O. The Morgan fingerprint density at radius 1 is 1.00 bits per heavy atom. The van der Waals surface area contributed by atoms with E-state index in [2.05, 4.69) is 16.0 Å². The summed E-state index contributed by atoms with van der Waals surface area (Å²) in [6.07, 6.45) is 0.209. The van der Waals surface area contributed by atoms with Crippen LogP contribution in [0.1, 0.15) is 47.0 Å². The minimum Gasteiger partial charge on any atom is -0.480 e. The fraction of sp³-hybridized carbons (Fsp3) is 0.722. The van der Waals surface area contributed by atoms with Gasteiger partial charge in [0.25, 0.3) is 0 Å². The summed E-state index contributed by atoms with van der Waals surface area (Å²) in [7, 11) is 0. The molecule has 0 aromatic carbocycles. The molecule has 0 aromatic rings. The zero-order chi connectivity index (χ0) is 22.7. The van der Waals surface area contributed by atoms with Crippen LogP contribution in [0.4, 0.5) is 0 Å². The fourth-order valence-electron chi connectivity index (χ4n) is 2.33. The smallest absolute Gasteiger partial charge is 0.326 e. The van der Waals surface area contributed by atoms with Crippen molar-refractivity contribution in [2.75, 3.05) is 6.54 Å². The summed E-state index contributed by atoms with van der Waals surface area (Å²) in [5.74, 6) is -4.31. The number of amides is 4. The molecule has 8 N–H and O–H groups in total. The number of hydrogen-bond donors (Lipinski definition) is 6. The lowest BCUT2D eigenvalue weighted by atomic mass is 9.98. The molecule has 0 bridgehead atoms. The van der Waals surface area contributed by atoms with Crippen LogP contribution in [0.3, 0.4) is 0 Å². The standard InChI is InChI=1S/C18H33N5O6/c1-5-10(4)15(18(28)29)23-16(26)11(6-7-12(19)24)22-13(25)8-21-17(27)14(20)9(2)3/h9-11,14-15H,5-8,20H2,1-4H3,(H2,19,24)(H,21,27)(H,22,25)(H,23,26)(H,28,29). The third kappa shape index (κ3) is 9.88. The summed E-state index contributed by atoms with van der Waals surface area (Å²) in [5.41, 5.74) is 10.8. The molecule has 0 saturated carbocycles. The lowest BCUT2D eigenvalue weighted by molar-refractivity contribution is -0.144. The molecule has 0 aliphatic carbocycles. The van der Waals surface area contributed by atoms with Crippen LogP contribution in [-0.2, 0) is 24.0 Å². The van der Waals surface area contributed by atoms with E-state index in [-0.39, 0.29) is 24.7 Å². The van der Waals surface area contributed by atoms with Crippen LogP contribution in [0, 0.1) is 11.8 Å². The first kappa shape index (κ1) is 26.3. The first-order valence-corrected chi connectivity index (χ1v) is 9.54. The highest BCUT2D eigenvalue weighted by Gasteiger charge is 2.30. The van der Waals surface area contributed by atoms with Crippen molar-refractivity contribution in [3.63, 3.8) is 0 Å². The molecule has 29 heavy (non-hydrogen) atoms. The highest BCUT2D eigenvalue weighted by molar-refractivity contribution is 5.92. The third-order valence-electron chi connectivity index (χ3n) is 4.55. The van der Waals surface area contributed by atoms with Crippen molar-refractivity contribution in [1.82, 2.24) is 16.0 Å². The molecule has 0 rings (SSSR count). The molecule has 0 aromatic heterocycles. The minimum absolute atomic E-state index is 0.112. The number of carboxylic acids is 1. The molecule has 0 saturated heterocycles. The molecule has 4 atom stereocenters. The van der Waals surface area contributed by atoms with Crippen molar-refractivity contribution in [1.29, 1.82) is 0 Å². The van der Waals surface area contributed by atoms with Crippen LogP contribution in [0.15, 0.2) is 0 Å². The van der Waals surface area contributed by atoms with Gasteiger partial charge in [-0.25, -0.2) is 4.79 Å². The minimum atomic E-state index is -1.21. The average Bonchev–Trinajstić information content (AvgIpc) is 2.65. The summed E-state index contributed by atoms with van der Waals surface area (Å²) in [6, 6.07) is -3.12. The number of carboxylic acid groups (broad SMARTS) is 1. The van der Waals surface area contributed by atoms with Crippen LogP contribution in [0.25, 0.3) is 0 Å². The van der Waals surface area contributed by atoms with Gasteiger partial charge in [-0.15, -0.1) is 0 Å². The van der Waals surface area contributed by atoms with Gasteiger partial charge in [0.15, 0.2) is 0 Å². The zero-order valence-corrected chi connectivity index (χ0v) is 17.4. The third-order valence-corrected chi connectivity index (χ3v) is 4.55. The molecule has 0 aliphatic rings. The van der Waals surface area contributed by atoms with Gasteiger partial charge in [-0.2, -0.15) is 0 Å². The summed E-state index contributed by atoms with van der Waals surface area (Å²) >= 11 is 0. The van der Waals surface area contributed by atoms with Crippen molar-refractivity contribution in [3.8, 4) is 0 Å². The predicted molar refractivity (Wildman–Crippen MR) is 105 cm³/mol. The van der Waals surface area contributed by atoms with E-state index in [1.165, 1.54) is 0 Å². The average molecular weight is 415 g/mol. The van der Waals surface area contributed by atoms with Crippen LogP contribution in [-0.4, -0.2) is 59.4 Å². The van der Waals surface area contributed by atoms with Gasteiger partial charge >= 0.3 is 5.97 Å². The number of carbonyl (C=O) groups is 5. The summed E-state index contributed by atoms with van der Waals surface area (Å²) in [5, 5.41) is 16.4. The predicted octanol–water partition coefficient (Wildman–Crippen LogP) is -1.55. The zero-order valence-electron chi connectivity index (χ0n) is 17.4. The van der Waals surface area contributed by atoms with Crippen molar-refractivity contribution in [3.05, 3.63) is 0 Å². The number of aliphatic carboxylic acids is 1. The van der Waals surface area contributed by atoms with Gasteiger partial charge in [-0.1, -0.05) is 34.1 Å². The van der Waals surface area contributed by atoms with Gasteiger partial charge in [0.2, 0.25) is 23.6 Å². The summed E-state index contributed by atoms with van der Waals surface area (Å²) < 4.78 is 0. The highest BCUT2D eigenvalue weighted by atomic mass is 16.4. The first-order valence-electron chi connectivity index (χ1n) is 9.54. The van der Waals surface area contributed by atoms with Crippen LogP contribution in [0.5, 0.6) is 0 Å². The molecular weight excluding hydrogens is 382 g/mol. The molecule has 11 heteroatoms. The number of rotatable bonds is 13. The van der Waals surface area contributed by atoms with E-state index in [1.54, 1.807) is 27.7 Å². The quantitative estimate of drug-likeness (QED) is 0.209. The molecule has 0 radical (unpaired) electrons. The maximum absolute atomic E-state index is 12.5. The lowest BCUT2D eigenvalue weighted by Gasteiger charge is -2.24. The number of carbonyl (C=O) groups excluding carboxylic acids is 4. The molecule has 11 nitrogen and oxygen atoms in total. The molecule has 0 fully saturated rings. The second kappa shape index (κ2) is 12.7. The second-order valence-corrected chi connectivity index (χ2v) is 7.32. The van der Waals surface area contributed by atoms with Crippen molar-refractivity contribution >= 4 is 29.6 Å². The Morgan fingerprint density at radius 3 is 2.03 bits per heavy atom. The van der Waals surface area contributed by atoms with E-state index in [1.807, 2.05) is 0 Å². The van der Waals surface area contributed by atoms with E-state index in [0.29, 0.717) is 6.42 Å². The van der Waals surface area contributed by atoms with E-state index >= 15 is 0 Å². The van der Waals surface area contributed by atoms with Gasteiger partial charge in [-0.3, -0.25) is 19.2 Å². The Labute approximate surface area is 170 Å². The summed E-state index contributed by atoms with van der Waals surface area (Å²) in [4.78, 5) is 58.9. The van der Waals surface area contributed by atoms with Gasteiger partial charge in [0, 0.05) is 6.42 Å². The Hall–Kier alpha value is -2.69. The van der Waals surface area contributed by atoms with E-state index in [0.717, 1.165) is 0 Å². The van der Waals surface area contributed by atoms with E-state index < -0.39 is 54.3 Å². The Morgan fingerprint density at radius 2 is 1.59 bits per heavy atom. The number of nitrogens with two attached hydrogens (primary N) is 2.